The maximum absolute atomic E-state index is 3.50. The first-order valence-corrected chi connectivity index (χ1v) is 3.85. The molecule has 0 aliphatic rings. The fourth-order valence-electron chi connectivity index (χ4n) is 0.838. The van der Waals surface area contributed by atoms with E-state index in [2.05, 4.69) is 52.3 Å². The molecule has 0 saturated carbocycles. The SMILES string of the molecule is CC(C)c1ccccc1.o1oo1. The smallest absolute Gasteiger partial charge is 0 e. The Kier molecular flexibility index (Phi) is 3.26. The minimum atomic E-state index is 0.659. The van der Waals surface area contributed by atoms with Crippen molar-refractivity contribution in [2.75, 3.05) is 0 Å². The molecule has 2 aromatic rings. The van der Waals surface area contributed by atoms with E-state index in [0.29, 0.717) is 5.92 Å². The van der Waals surface area contributed by atoms with Crippen LogP contribution >= 0.6 is 0 Å². The van der Waals surface area contributed by atoms with Crippen molar-refractivity contribution in [2.24, 2.45) is 0 Å². The van der Waals surface area contributed by atoms with Gasteiger partial charge < -0.3 is 0 Å². The van der Waals surface area contributed by atoms with E-state index in [9.17, 15) is 0 Å². The fourth-order valence-corrected chi connectivity index (χ4v) is 0.838. The van der Waals surface area contributed by atoms with Gasteiger partial charge in [-0.1, -0.05) is 44.2 Å². The molecule has 0 amide bonds. The van der Waals surface area contributed by atoms with E-state index in [1.54, 1.807) is 0 Å². The van der Waals surface area contributed by atoms with Crippen molar-refractivity contribution in [3.63, 3.8) is 0 Å². The minimum Gasteiger partial charge on any atom is -0.0622 e. The van der Waals surface area contributed by atoms with E-state index in [1.165, 1.54) is 5.56 Å². The lowest BCUT2D eigenvalue weighted by Gasteiger charge is -2.01. The van der Waals surface area contributed by atoms with Crippen LogP contribution in [0.5, 0.6) is 0 Å². The normalized spacial score (nSPS) is 9.58. The fraction of sp³-hybridized carbons (Fsp3) is 0.333. The molecule has 0 bridgehead atoms. The zero-order chi connectivity index (χ0) is 8.81. The number of benzene rings is 1. The van der Waals surface area contributed by atoms with Crippen LogP contribution in [-0.2, 0) is 0 Å². The van der Waals surface area contributed by atoms with Gasteiger partial charge in [0.25, 0.3) is 0 Å². The van der Waals surface area contributed by atoms with Crippen molar-refractivity contribution in [3.8, 4) is 0 Å². The largest absolute Gasteiger partial charge is 0.0622 e. The molecule has 3 nitrogen and oxygen atoms in total. The molecule has 1 aromatic carbocycles. The van der Waals surface area contributed by atoms with Crippen LogP contribution in [0.25, 0.3) is 0 Å². The van der Waals surface area contributed by atoms with Crippen LogP contribution in [-0.4, -0.2) is 0 Å². The molecule has 1 heterocycles. The van der Waals surface area contributed by atoms with Gasteiger partial charge in [0.1, 0.15) is 0 Å². The van der Waals surface area contributed by atoms with Crippen LogP contribution in [0.1, 0.15) is 25.3 Å². The van der Waals surface area contributed by atoms with E-state index in [4.69, 9.17) is 0 Å². The molecule has 1 aromatic heterocycles. The Labute approximate surface area is 70.7 Å². The Bertz CT molecular complexity index is 250. The molecule has 0 aliphatic heterocycles. The summed E-state index contributed by atoms with van der Waals surface area (Å²) in [5.74, 6) is 0.659. The van der Waals surface area contributed by atoms with Gasteiger partial charge in [0.2, 0.25) is 0 Å². The van der Waals surface area contributed by atoms with Crippen LogP contribution < -0.4 is 0 Å². The summed E-state index contributed by atoms with van der Waals surface area (Å²) in [4.78, 5) is 0. The van der Waals surface area contributed by atoms with Crippen LogP contribution in [0, 0.1) is 0 Å². The van der Waals surface area contributed by atoms with E-state index in [-0.39, 0.29) is 0 Å². The predicted octanol–water partition coefficient (Wildman–Crippen LogP) is 3.28. The maximum atomic E-state index is 3.50. The second-order valence-electron chi connectivity index (χ2n) is 2.77. The minimum absolute atomic E-state index is 0.659. The third kappa shape index (κ3) is 3.71. The lowest BCUT2D eigenvalue weighted by Crippen LogP contribution is -1.83. The van der Waals surface area contributed by atoms with Gasteiger partial charge in [0.15, 0.2) is 0 Å². The van der Waals surface area contributed by atoms with E-state index in [0.717, 1.165) is 0 Å². The monoisotopic (exact) mass is 168 g/mol. The molecule has 0 atom stereocenters. The number of hydrogen-bond acceptors (Lipinski definition) is 3. The molecule has 66 valence electrons. The first-order valence-electron chi connectivity index (χ1n) is 3.85. The summed E-state index contributed by atoms with van der Waals surface area (Å²) in [6.45, 7) is 4.41. The molecule has 2 rings (SSSR count). The Hall–Kier alpha value is -1.38. The van der Waals surface area contributed by atoms with Gasteiger partial charge in [-0.2, -0.15) is 0 Å². The highest BCUT2D eigenvalue weighted by atomic mass is 17.6. The quantitative estimate of drug-likeness (QED) is 0.613. The third-order valence-electron chi connectivity index (χ3n) is 1.53. The summed E-state index contributed by atoms with van der Waals surface area (Å²) in [7, 11) is 0. The molecular formula is C9H12O3. The van der Waals surface area contributed by atoms with Gasteiger partial charge in [-0.05, 0) is 11.5 Å². The Morgan fingerprint density at radius 2 is 1.42 bits per heavy atom. The molecule has 0 fully saturated rings. The highest BCUT2D eigenvalue weighted by molar-refractivity contribution is 5.17. The summed E-state index contributed by atoms with van der Waals surface area (Å²) in [5, 5.41) is 0. The Morgan fingerprint density at radius 1 is 0.917 bits per heavy atom. The lowest BCUT2D eigenvalue weighted by molar-refractivity contribution is 0.264. The zero-order valence-electron chi connectivity index (χ0n) is 7.19. The van der Waals surface area contributed by atoms with E-state index in [1.807, 2.05) is 6.07 Å². The first kappa shape index (κ1) is 8.71. The first-order chi connectivity index (χ1) is 5.80. The predicted molar refractivity (Wildman–Crippen MR) is 43.8 cm³/mol. The van der Waals surface area contributed by atoms with Gasteiger partial charge in [-0.25, -0.2) is 0 Å². The molecule has 0 saturated heterocycles. The Balaban J connectivity index is 0.000000200. The molecule has 0 unspecified atom stereocenters. The molecule has 12 heavy (non-hydrogen) atoms. The molecule has 0 N–H and O–H groups in total. The molecule has 0 spiro atoms. The lowest BCUT2D eigenvalue weighted by atomic mass is 10.0. The summed E-state index contributed by atoms with van der Waals surface area (Å²) in [6.07, 6.45) is 0. The number of rotatable bonds is 1. The number of hydrogen-bond donors (Lipinski definition) is 0. The van der Waals surface area contributed by atoms with Crippen molar-refractivity contribution in [3.05, 3.63) is 35.9 Å². The zero-order valence-corrected chi connectivity index (χ0v) is 7.19. The summed E-state index contributed by atoms with van der Waals surface area (Å²) < 4.78 is 10.5. The van der Waals surface area contributed by atoms with E-state index >= 15 is 0 Å². The second kappa shape index (κ2) is 4.49. The highest BCUT2D eigenvalue weighted by Gasteiger charge is 1.93. The van der Waals surface area contributed by atoms with Crippen molar-refractivity contribution < 1.29 is 14.2 Å². The second-order valence-corrected chi connectivity index (χ2v) is 2.77. The van der Waals surface area contributed by atoms with Crippen LogP contribution in [0.15, 0.2) is 44.5 Å². The van der Waals surface area contributed by atoms with Crippen molar-refractivity contribution in [1.82, 2.24) is 0 Å². The molecular weight excluding hydrogens is 156 g/mol. The average Bonchev–Trinajstić information content (AvgIpc) is 2.92. The topological polar surface area (TPSA) is 39.4 Å². The van der Waals surface area contributed by atoms with Gasteiger partial charge in [-0.3, -0.25) is 0 Å². The van der Waals surface area contributed by atoms with Crippen LogP contribution in [0.3, 0.4) is 0 Å². The van der Waals surface area contributed by atoms with E-state index < -0.39 is 0 Å². The van der Waals surface area contributed by atoms with Crippen LogP contribution in [0.4, 0.5) is 0 Å². The van der Waals surface area contributed by atoms with Crippen molar-refractivity contribution in [2.45, 2.75) is 19.8 Å². The van der Waals surface area contributed by atoms with Gasteiger partial charge in [0, 0.05) is 14.2 Å². The van der Waals surface area contributed by atoms with Gasteiger partial charge in [-0.15, -0.1) is 0 Å². The summed E-state index contributed by atoms with van der Waals surface area (Å²) >= 11 is 0. The molecule has 0 radical (unpaired) electrons. The third-order valence-corrected chi connectivity index (χ3v) is 1.53. The standard InChI is InChI=1S/C9H12.O3/c1-8(2)9-6-4-3-5-7-9;1-2-3-1/h3-8H,1-2H3;. The maximum Gasteiger partial charge on any atom is 0 e. The highest BCUT2D eigenvalue weighted by Crippen LogP contribution is 2.11. The summed E-state index contributed by atoms with van der Waals surface area (Å²) in [6, 6.07) is 10.5. The van der Waals surface area contributed by atoms with Crippen molar-refractivity contribution in [1.29, 1.82) is 0 Å². The van der Waals surface area contributed by atoms with Crippen molar-refractivity contribution >= 4 is 0 Å². The van der Waals surface area contributed by atoms with Crippen LogP contribution in [0.2, 0.25) is 0 Å². The Morgan fingerprint density at radius 3 is 1.67 bits per heavy atom. The van der Waals surface area contributed by atoms with Gasteiger partial charge >= 0.3 is 0 Å². The summed E-state index contributed by atoms with van der Waals surface area (Å²) in [5.41, 5.74) is 1.41. The molecule has 3 heteroatoms. The molecule has 0 aliphatic carbocycles. The average molecular weight is 168 g/mol. The van der Waals surface area contributed by atoms with Gasteiger partial charge in [0.05, 0.1) is 0 Å².